The van der Waals surface area contributed by atoms with E-state index in [9.17, 15) is 33.4 Å². The van der Waals surface area contributed by atoms with E-state index in [0.29, 0.717) is 18.4 Å². The molecule has 3 rings (SSSR count). The normalized spacial score (nSPS) is 39.4. The summed E-state index contributed by atoms with van der Waals surface area (Å²) in [7, 11) is -5.27. The highest BCUT2D eigenvalue weighted by Gasteiger charge is 2.51. The molecule has 0 aromatic heterocycles. The van der Waals surface area contributed by atoms with Gasteiger partial charge in [-0.25, -0.2) is 8.42 Å². The van der Waals surface area contributed by atoms with Crippen LogP contribution in [0.15, 0.2) is 30.3 Å². The van der Waals surface area contributed by atoms with E-state index in [1.165, 1.54) is 0 Å². The van der Waals surface area contributed by atoms with Crippen molar-refractivity contribution in [3.63, 3.8) is 0 Å². The minimum Gasteiger partial charge on any atom is -0.726 e. The molecule has 0 spiro atoms. The van der Waals surface area contributed by atoms with Crippen molar-refractivity contribution >= 4 is 10.4 Å². The molecule has 1 aliphatic heterocycles. The van der Waals surface area contributed by atoms with Gasteiger partial charge < -0.3 is 34.5 Å². The summed E-state index contributed by atoms with van der Waals surface area (Å²) < 4.78 is 48.9. The molecule has 0 amide bonds. The van der Waals surface area contributed by atoms with Crippen molar-refractivity contribution in [3.05, 3.63) is 35.9 Å². The number of aliphatic hydroxyl groups excluding tert-OH is 4. The second-order valence-electron chi connectivity index (χ2n) is 7.59. The molecule has 10 nitrogen and oxygen atoms in total. The van der Waals surface area contributed by atoms with Gasteiger partial charge in [0, 0.05) is 0 Å². The highest BCUT2D eigenvalue weighted by Crippen LogP contribution is 2.35. The van der Waals surface area contributed by atoms with Crippen LogP contribution in [0.4, 0.5) is 0 Å². The van der Waals surface area contributed by atoms with E-state index in [4.69, 9.17) is 9.47 Å². The smallest absolute Gasteiger partial charge is 0.218 e. The second-order valence-corrected chi connectivity index (χ2v) is 8.60. The van der Waals surface area contributed by atoms with Crippen LogP contribution in [-0.2, 0) is 24.1 Å². The van der Waals surface area contributed by atoms with E-state index < -0.39 is 59.4 Å². The predicted octanol–water partition coefficient (Wildman–Crippen LogP) is -0.812. The van der Waals surface area contributed by atoms with Gasteiger partial charge in [-0.3, -0.25) is 4.18 Å². The van der Waals surface area contributed by atoms with E-state index in [0.717, 1.165) is 0 Å². The Morgan fingerprint density at radius 2 is 1.79 bits per heavy atom. The zero-order chi connectivity index (χ0) is 21.3. The third kappa shape index (κ3) is 5.32. The molecule has 2 fully saturated rings. The lowest BCUT2D eigenvalue weighted by Crippen LogP contribution is -2.61. The van der Waals surface area contributed by atoms with E-state index in [1.807, 2.05) is 6.92 Å². The van der Waals surface area contributed by atoms with Crippen molar-refractivity contribution in [1.82, 2.24) is 0 Å². The molecule has 1 saturated carbocycles. The minimum atomic E-state index is -5.27. The number of hydrogen-bond donors (Lipinski definition) is 4. The fourth-order valence-corrected chi connectivity index (χ4v) is 4.32. The number of aliphatic hydroxyl groups is 4. The molecular weight excluding hydrogens is 408 g/mol. The van der Waals surface area contributed by atoms with Gasteiger partial charge in [-0.15, -0.1) is 0 Å². The van der Waals surface area contributed by atoms with Crippen LogP contribution in [0.5, 0.6) is 0 Å². The third-order valence-electron chi connectivity index (χ3n) is 5.28. The summed E-state index contributed by atoms with van der Waals surface area (Å²) in [6.07, 6.45) is -10.7. The second kappa shape index (κ2) is 8.92. The summed E-state index contributed by atoms with van der Waals surface area (Å²) in [5.74, 6) is 0.127. The maximum Gasteiger partial charge on any atom is 0.218 e. The van der Waals surface area contributed by atoms with Gasteiger partial charge in [-0.1, -0.05) is 37.3 Å². The lowest BCUT2D eigenvalue weighted by molar-refractivity contribution is -0.319. The van der Waals surface area contributed by atoms with Crippen molar-refractivity contribution in [3.8, 4) is 0 Å². The van der Waals surface area contributed by atoms with E-state index >= 15 is 0 Å². The van der Waals surface area contributed by atoms with Gasteiger partial charge in [0.25, 0.3) is 0 Å². The molecule has 11 heteroatoms. The monoisotopic (exact) mass is 433 g/mol. The Balaban J connectivity index is 1.85. The standard InChI is InChI=1S/C18H26O10S/c1-9-7-11(19)12(8-9)26-18-17(28-29(23,24)25)15(22)14(21)16(27-18)13(20)10-5-3-2-4-6-10/h2-6,9,11-22H,7-8H2,1H3,(H,23,24,25)/p-1/t9?,11-,12?,13+,14?,15?,16?,17?,18?/m1/s1. The molecule has 29 heavy (non-hydrogen) atoms. The number of benzene rings is 1. The summed E-state index contributed by atoms with van der Waals surface area (Å²) in [6, 6.07) is 8.20. The zero-order valence-corrected chi connectivity index (χ0v) is 16.5. The molecule has 0 bridgehead atoms. The van der Waals surface area contributed by atoms with Crippen LogP contribution in [0, 0.1) is 5.92 Å². The average molecular weight is 433 g/mol. The highest BCUT2D eigenvalue weighted by molar-refractivity contribution is 7.80. The third-order valence-corrected chi connectivity index (χ3v) is 5.74. The van der Waals surface area contributed by atoms with Crippen LogP contribution in [0.25, 0.3) is 0 Å². The maximum absolute atomic E-state index is 11.1. The van der Waals surface area contributed by atoms with Crippen LogP contribution in [-0.4, -0.2) is 76.3 Å². The Hall–Kier alpha value is -1.15. The first-order chi connectivity index (χ1) is 13.6. The Labute approximate surface area is 168 Å². The van der Waals surface area contributed by atoms with Gasteiger partial charge >= 0.3 is 0 Å². The highest BCUT2D eigenvalue weighted by atomic mass is 32.3. The molecule has 1 heterocycles. The van der Waals surface area contributed by atoms with Crippen LogP contribution in [0.2, 0.25) is 0 Å². The largest absolute Gasteiger partial charge is 0.726 e. The van der Waals surface area contributed by atoms with Gasteiger partial charge in [0.05, 0.1) is 12.2 Å². The van der Waals surface area contributed by atoms with Crippen molar-refractivity contribution in [1.29, 1.82) is 0 Å². The predicted molar refractivity (Wildman–Crippen MR) is 95.9 cm³/mol. The molecule has 164 valence electrons. The zero-order valence-electron chi connectivity index (χ0n) is 15.6. The fraction of sp³-hybridized carbons (Fsp3) is 0.667. The Morgan fingerprint density at radius 3 is 2.34 bits per heavy atom. The summed E-state index contributed by atoms with van der Waals surface area (Å²) in [6.45, 7) is 1.89. The van der Waals surface area contributed by atoms with Crippen molar-refractivity contribution in [2.24, 2.45) is 5.92 Å². The average Bonchev–Trinajstić information content (AvgIpc) is 2.97. The van der Waals surface area contributed by atoms with Gasteiger partial charge in [0.2, 0.25) is 10.4 Å². The molecule has 0 radical (unpaired) electrons. The minimum absolute atomic E-state index is 0.127. The van der Waals surface area contributed by atoms with Gasteiger partial charge in [0.1, 0.15) is 24.4 Å². The summed E-state index contributed by atoms with van der Waals surface area (Å²) in [5.41, 5.74) is 0.382. The quantitative estimate of drug-likeness (QED) is 0.329. The van der Waals surface area contributed by atoms with Crippen molar-refractivity contribution in [2.45, 2.75) is 68.8 Å². The van der Waals surface area contributed by atoms with Crippen molar-refractivity contribution in [2.75, 3.05) is 0 Å². The Kier molecular flexibility index (Phi) is 6.93. The molecule has 7 unspecified atom stereocenters. The molecule has 9 atom stereocenters. The van der Waals surface area contributed by atoms with Gasteiger partial charge in [0.15, 0.2) is 12.4 Å². The van der Waals surface area contributed by atoms with Crippen LogP contribution in [0.1, 0.15) is 31.4 Å². The first-order valence-corrected chi connectivity index (χ1v) is 10.6. The lowest BCUT2D eigenvalue weighted by Gasteiger charge is -2.44. The van der Waals surface area contributed by atoms with Crippen LogP contribution < -0.4 is 0 Å². The molecular formula is C18H25O10S-. The molecule has 1 saturated heterocycles. The first kappa shape index (κ1) is 22.5. The molecule has 2 aliphatic rings. The fourth-order valence-electron chi connectivity index (χ4n) is 3.84. The molecule has 4 N–H and O–H groups in total. The van der Waals surface area contributed by atoms with Crippen molar-refractivity contribution < 1.29 is 47.1 Å². The van der Waals surface area contributed by atoms with Gasteiger partial charge in [-0.05, 0) is 24.3 Å². The lowest BCUT2D eigenvalue weighted by atomic mass is 9.92. The summed E-state index contributed by atoms with van der Waals surface area (Å²) in [4.78, 5) is 0. The van der Waals surface area contributed by atoms with Crippen LogP contribution in [0.3, 0.4) is 0 Å². The summed E-state index contributed by atoms with van der Waals surface area (Å²) in [5, 5.41) is 41.5. The summed E-state index contributed by atoms with van der Waals surface area (Å²) >= 11 is 0. The number of rotatable bonds is 6. The number of hydrogen-bond acceptors (Lipinski definition) is 10. The SMILES string of the molecule is CC1CC(OC2OC([C@@H](O)c3ccccc3)C(O)C(O)C2OS(=O)(=O)[O-])[C@H](O)C1. The van der Waals surface area contributed by atoms with Crippen LogP contribution >= 0.6 is 0 Å². The van der Waals surface area contributed by atoms with E-state index in [2.05, 4.69) is 4.18 Å². The van der Waals surface area contributed by atoms with E-state index in [-0.39, 0.29) is 5.92 Å². The van der Waals surface area contributed by atoms with E-state index in [1.54, 1.807) is 30.3 Å². The Morgan fingerprint density at radius 1 is 1.14 bits per heavy atom. The number of ether oxygens (including phenoxy) is 2. The molecule has 1 aromatic rings. The molecule has 1 aliphatic carbocycles. The first-order valence-electron chi connectivity index (χ1n) is 9.29. The topological polar surface area (TPSA) is 166 Å². The maximum atomic E-state index is 11.1. The molecule has 1 aromatic carbocycles. The van der Waals surface area contributed by atoms with Gasteiger partial charge in [-0.2, -0.15) is 0 Å². The Bertz CT molecular complexity index is 772.